The van der Waals surface area contributed by atoms with Crippen LogP contribution in [0.4, 0.5) is 14.5 Å². The summed E-state index contributed by atoms with van der Waals surface area (Å²) in [6.45, 7) is 3.42. The van der Waals surface area contributed by atoms with Gasteiger partial charge < -0.3 is 9.84 Å². The summed E-state index contributed by atoms with van der Waals surface area (Å²) < 4.78 is 32.2. The molecule has 116 valence electrons. The van der Waals surface area contributed by atoms with Crippen LogP contribution in [0.5, 0.6) is 0 Å². The predicted molar refractivity (Wildman–Crippen MR) is 76.5 cm³/mol. The second-order valence-electron chi connectivity index (χ2n) is 5.71. The van der Waals surface area contributed by atoms with Crippen LogP contribution < -0.4 is 5.32 Å². The molecule has 0 spiro atoms. The molecule has 2 aromatic rings. The molecule has 0 bridgehead atoms. The Labute approximate surface area is 126 Å². The Morgan fingerprint density at radius 1 is 1.32 bits per heavy atom. The van der Waals surface area contributed by atoms with Crippen molar-refractivity contribution in [2.24, 2.45) is 0 Å². The van der Waals surface area contributed by atoms with Gasteiger partial charge in [-0.05, 0) is 32.8 Å². The van der Waals surface area contributed by atoms with Gasteiger partial charge in [-0.25, -0.2) is 8.78 Å². The number of carbonyl (C=O) groups excluding carboxylic acids is 1. The Balaban J connectivity index is 1.94. The first-order valence-electron chi connectivity index (χ1n) is 7.14. The van der Waals surface area contributed by atoms with E-state index in [9.17, 15) is 13.6 Å². The number of aryl methyl sites for hydroxylation is 2. The smallest absolute Gasteiger partial charge is 0.235 e. The number of hydrogen-bond donors (Lipinski definition) is 1. The SMILES string of the molecule is Cc1noc(C)c1NC(=O)C1(c2ccc(F)cc2F)CCC1. The van der Waals surface area contributed by atoms with E-state index in [1.807, 2.05) is 0 Å². The van der Waals surface area contributed by atoms with Crippen LogP contribution in [-0.2, 0) is 10.2 Å². The van der Waals surface area contributed by atoms with Gasteiger partial charge in [-0.2, -0.15) is 0 Å². The van der Waals surface area contributed by atoms with Crippen LogP contribution in [0.15, 0.2) is 22.7 Å². The zero-order valence-corrected chi connectivity index (χ0v) is 12.4. The van der Waals surface area contributed by atoms with Gasteiger partial charge in [0.2, 0.25) is 5.91 Å². The minimum atomic E-state index is -0.950. The summed E-state index contributed by atoms with van der Waals surface area (Å²) in [5.41, 5.74) is 0.372. The van der Waals surface area contributed by atoms with E-state index in [-0.39, 0.29) is 11.5 Å². The molecule has 1 amide bonds. The number of rotatable bonds is 3. The molecular formula is C16H16F2N2O2. The number of anilines is 1. The molecule has 0 unspecified atom stereocenters. The molecule has 1 heterocycles. The Hall–Kier alpha value is -2.24. The number of aromatic nitrogens is 1. The summed E-state index contributed by atoms with van der Waals surface area (Å²) in [7, 11) is 0. The van der Waals surface area contributed by atoms with Crippen LogP contribution in [0.2, 0.25) is 0 Å². The third-order valence-corrected chi connectivity index (χ3v) is 4.36. The highest BCUT2D eigenvalue weighted by molar-refractivity contribution is 6.00. The number of amides is 1. The molecule has 6 heteroatoms. The van der Waals surface area contributed by atoms with Gasteiger partial charge in [0, 0.05) is 11.6 Å². The van der Waals surface area contributed by atoms with Gasteiger partial charge >= 0.3 is 0 Å². The molecule has 0 aliphatic heterocycles. The molecule has 0 saturated heterocycles. The Bertz CT molecular complexity index is 716. The lowest BCUT2D eigenvalue weighted by molar-refractivity contribution is -0.124. The lowest BCUT2D eigenvalue weighted by Crippen LogP contribution is -2.46. The Kier molecular flexibility index (Phi) is 3.47. The molecule has 3 rings (SSSR count). The molecule has 0 atom stereocenters. The highest BCUT2D eigenvalue weighted by atomic mass is 19.1. The number of carbonyl (C=O) groups is 1. The van der Waals surface area contributed by atoms with Gasteiger partial charge in [0.25, 0.3) is 0 Å². The zero-order valence-electron chi connectivity index (χ0n) is 12.4. The largest absolute Gasteiger partial charge is 0.359 e. The number of nitrogens with one attached hydrogen (secondary N) is 1. The van der Waals surface area contributed by atoms with E-state index >= 15 is 0 Å². The standard InChI is InChI=1S/C16H16F2N2O2/c1-9-14(10(2)22-20-9)19-15(21)16(6-3-7-16)12-5-4-11(17)8-13(12)18/h4-5,8H,3,6-7H2,1-2H3,(H,19,21). The third-order valence-electron chi connectivity index (χ3n) is 4.36. The van der Waals surface area contributed by atoms with Crippen LogP contribution in [0.1, 0.15) is 36.3 Å². The topological polar surface area (TPSA) is 55.1 Å². The number of hydrogen-bond acceptors (Lipinski definition) is 3. The number of halogens is 2. The van der Waals surface area contributed by atoms with E-state index in [4.69, 9.17) is 4.52 Å². The summed E-state index contributed by atoms with van der Waals surface area (Å²) >= 11 is 0. The highest BCUT2D eigenvalue weighted by Gasteiger charge is 2.47. The fourth-order valence-corrected chi connectivity index (χ4v) is 2.92. The van der Waals surface area contributed by atoms with E-state index in [1.165, 1.54) is 12.1 Å². The van der Waals surface area contributed by atoms with Crippen LogP contribution in [0, 0.1) is 25.5 Å². The number of benzene rings is 1. The second-order valence-corrected chi connectivity index (χ2v) is 5.71. The van der Waals surface area contributed by atoms with Gasteiger partial charge in [-0.3, -0.25) is 4.79 Å². The van der Waals surface area contributed by atoms with Crippen molar-refractivity contribution in [1.82, 2.24) is 5.16 Å². The van der Waals surface area contributed by atoms with E-state index < -0.39 is 17.0 Å². The maximum Gasteiger partial charge on any atom is 0.235 e. The average molecular weight is 306 g/mol. The molecule has 1 aromatic heterocycles. The lowest BCUT2D eigenvalue weighted by Gasteiger charge is -2.40. The Morgan fingerprint density at radius 2 is 2.05 bits per heavy atom. The quantitative estimate of drug-likeness (QED) is 0.942. The van der Waals surface area contributed by atoms with Crippen molar-refractivity contribution in [2.75, 3.05) is 5.32 Å². The molecule has 1 saturated carbocycles. The monoisotopic (exact) mass is 306 g/mol. The van der Waals surface area contributed by atoms with Crippen molar-refractivity contribution in [3.05, 3.63) is 46.9 Å². The third kappa shape index (κ3) is 2.19. The van der Waals surface area contributed by atoms with Crippen LogP contribution in [0.3, 0.4) is 0 Å². The van der Waals surface area contributed by atoms with Crippen molar-refractivity contribution < 1.29 is 18.1 Å². The summed E-state index contributed by atoms with van der Waals surface area (Å²) in [6.07, 6.45) is 1.89. The first-order chi connectivity index (χ1) is 10.4. The lowest BCUT2D eigenvalue weighted by atomic mass is 9.63. The average Bonchev–Trinajstić information content (AvgIpc) is 2.72. The molecule has 4 nitrogen and oxygen atoms in total. The van der Waals surface area contributed by atoms with E-state index in [0.717, 1.165) is 12.5 Å². The van der Waals surface area contributed by atoms with Crippen molar-refractivity contribution >= 4 is 11.6 Å². The minimum absolute atomic E-state index is 0.240. The van der Waals surface area contributed by atoms with Gasteiger partial charge in [0.05, 0.1) is 5.41 Å². The summed E-state index contributed by atoms with van der Waals surface area (Å²) in [4.78, 5) is 12.7. The summed E-state index contributed by atoms with van der Waals surface area (Å²) in [6, 6.07) is 3.36. The van der Waals surface area contributed by atoms with Crippen molar-refractivity contribution in [3.63, 3.8) is 0 Å². The van der Waals surface area contributed by atoms with Crippen molar-refractivity contribution in [1.29, 1.82) is 0 Å². The predicted octanol–water partition coefficient (Wildman–Crippen LogP) is 3.63. The van der Waals surface area contributed by atoms with Crippen molar-refractivity contribution in [3.8, 4) is 0 Å². The number of nitrogens with zero attached hydrogens (tertiary/aromatic N) is 1. The fraction of sp³-hybridized carbons (Fsp3) is 0.375. The normalized spacial score (nSPS) is 16.2. The maximum absolute atomic E-state index is 14.1. The molecule has 1 fully saturated rings. The van der Waals surface area contributed by atoms with Crippen LogP contribution in [-0.4, -0.2) is 11.1 Å². The van der Waals surface area contributed by atoms with Crippen molar-refractivity contribution in [2.45, 2.75) is 38.5 Å². The molecule has 1 aliphatic carbocycles. The Morgan fingerprint density at radius 3 is 2.55 bits per heavy atom. The molecule has 1 aliphatic rings. The van der Waals surface area contributed by atoms with Crippen LogP contribution >= 0.6 is 0 Å². The summed E-state index contributed by atoms with van der Waals surface area (Å²) in [5.74, 6) is -1.14. The summed E-state index contributed by atoms with van der Waals surface area (Å²) in [5, 5.41) is 6.57. The van der Waals surface area contributed by atoms with E-state index in [1.54, 1.807) is 13.8 Å². The molecule has 0 radical (unpaired) electrons. The molecule has 1 N–H and O–H groups in total. The van der Waals surface area contributed by atoms with E-state index in [0.29, 0.717) is 30.0 Å². The van der Waals surface area contributed by atoms with E-state index in [2.05, 4.69) is 10.5 Å². The molecular weight excluding hydrogens is 290 g/mol. The molecule has 22 heavy (non-hydrogen) atoms. The first kappa shape index (κ1) is 14.7. The van der Waals surface area contributed by atoms with Gasteiger partial charge in [0.15, 0.2) is 5.76 Å². The van der Waals surface area contributed by atoms with Gasteiger partial charge in [-0.15, -0.1) is 0 Å². The maximum atomic E-state index is 14.1. The highest BCUT2D eigenvalue weighted by Crippen LogP contribution is 2.45. The van der Waals surface area contributed by atoms with Crippen LogP contribution in [0.25, 0.3) is 0 Å². The molecule has 1 aromatic carbocycles. The zero-order chi connectivity index (χ0) is 15.9. The van der Waals surface area contributed by atoms with Gasteiger partial charge in [-0.1, -0.05) is 17.6 Å². The fourth-order valence-electron chi connectivity index (χ4n) is 2.92. The second kappa shape index (κ2) is 5.19. The first-order valence-corrected chi connectivity index (χ1v) is 7.14. The van der Waals surface area contributed by atoms with Gasteiger partial charge in [0.1, 0.15) is 23.0 Å². The minimum Gasteiger partial charge on any atom is -0.359 e.